The predicted octanol–water partition coefficient (Wildman–Crippen LogP) is 1.83. The maximum Gasteiger partial charge on any atom is 0.227 e. The van der Waals surface area contributed by atoms with Crippen LogP contribution in [0.2, 0.25) is 0 Å². The average molecular weight is 314 g/mol. The minimum atomic E-state index is 0.756. The molecule has 2 rings (SSSR count). The predicted molar refractivity (Wildman–Crippen MR) is 95.0 cm³/mol. The first kappa shape index (κ1) is 17.1. The molecule has 1 N–H and O–H groups in total. The number of nitrogens with zero attached hydrogens (tertiary/aromatic N) is 5. The molecule has 0 fully saturated rings. The fourth-order valence-electron chi connectivity index (χ4n) is 2.17. The maximum atomic E-state index is 4.62. The van der Waals surface area contributed by atoms with Crippen LogP contribution in [0.1, 0.15) is 11.3 Å². The Kier molecular flexibility index (Phi) is 6.29. The van der Waals surface area contributed by atoms with Gasteiger partial charge in [0.25, 0.3) is 0 Å². The number of anilines is 2. The van der Waals surface area contributed by atoms with Crippen LogP contribution in [0.5, 0.6) is 0 Å². The third-order valence-corrected chi connectivity index (χ3v) is 3.53. The van der Waals surface area contributed by atoms with E-state index < -0.39 is 0 Å². The first-order valence-electron chi connectivity index (χ1n) is 7.89. The Morgan fingerprint density at radius 3 is 2.48 bits per heavy atom. The van der Waals surface area contributed by atoms with Crippen molar-refractivity contribution in [1.82, 2.24) is 19.9 Å². The lowest BCUT2D eigenvalue weighted by Crippen LogP contribution is -2.24. The Balaban J connectivity index is 1.96. The van der Waals surface area contributed by atoms with Crippen LogP contribution in [-0.2, 0) is 6.42 Å². The Morgan fingerprint density at radius 1 is 1.04 bits per heavy atom. The number of nitrogens with one attached hydrogen (secondary N) is 1. The van der Waals surface area contributed by atoms with Gasteiger partial charge in [0, 0.05) is 50.8 Å². The lowest BCUT2D eigenvalue weighted by molar-refractivity contribution is 0.425. The highest BCUT2D eigenvalue weighted by atomic mass is 15.2. The number of pyridine rings is 1. The van der Waals surface area contributed by atoms with E-state index in [1.807, 2.05) is 44.6 Å². The van der Waals surface area contributed by atoms with Crippen LogP contribution in [0, 0.1) is 6.92 Å². The summed E-state index contributed by atoms with van der Waals surface area (Å²) in [7, 11) is 6.15. The van der Waals surface area contributed by atoms with E-state index in [1.165, 1.54) is 5.56 Å². The van der Waals surface area contributed by atoms with Crippen LogP contribution in [0.25, 0.3) is 0 Å². The summed E-state index contributed by atoms with van der Waals surface area (Å²) >= 11 is 0. The summed E-state index contributed by atoms with van der Waals surface area (Å²) in [6, 6.07) is 6.06. The van der Waals surface area contributed by atoms with Crippen molar-refractivity contribution in [3.63, 3.8) is 0 Å². The molecule has 2 aromatic rings. The van der Waals surface area contributed by atoms with E-state index in [-0.39, 0.29) is 0 Å². The van der Waals surface area contributed by atoms with Crippen molar-refractivity contribution in [2.45, 2.75) is 13.3 Å². The molecule has 0 aliphatic carbocycles. The zero-order valence-corrected chi connectivity index (χ0v) is 14.5. The van der Waals surface area contributed by atoms with Gasteiger partial charge in [-0.2, -0.15) is 4.98 Å². The molecule has 23 heavy (non-hydrogen) atoms. The van der Waals surface area contributed by atoms with Crippen LogP contribution in [0.4, 0.5) is 11.8 Å². The van der Waals surface area contributed by atoms with Gasteiger partial charge in [0.05, 0.1) is 0 Å². The molecule has 0 aliphatic rings. The third kappa shape index (κ3) is 5.83. The van der Waals surface area contributed by atoms with Crippen LogP contribution < -0.4 is 10.2 Å². The topological polar surface area (TPSA) is 57.2 Å². The molecule has 0 bridgehead atoms. The Hall–Kier alpha value is -2.21. The van der Waals surface area contributed by atoms with Crippen LogP contribution in [0.3, 0.4) is 0 Å². The molecule has 6 heteroatoms. The van der Waals surface area contributed by atoms with Crippen molar-refractivity contribution in [2.75, 3.05) is 51.0 Å². The molecule has 124 valence electrons. The maximum absolute atomic E-state index is 4.62. The number of aromatic nitrogens is 3. The molecule has 0 saturated heterocycles. The van der Waals surface area contributed by atoms with E-state index in [2.05, 4.69) is 44.2 Å². The molecular weight excluding hydrogens is 288 g/mol. The molecule has 6 nitrogen and oxygen atoms in total. The van der Waals surface area contributed by atoms with Gasteiger partial charge in [0.1, 0.15) is 5.82 Å². The molecule has 0 spiro atoms. The van der Waals surface area contributed by atoms with Crippen molar-refractivity contribution in [3.8, 4) is 0 Å². The molecule has 0 aromatic carbocycles. The van der Waals surface area contributed by atoms with Gasteiger partial charge in [-0.25, -0.2) is 4.98 Å². The SMILES string of the molecule is Cc1cc(NCCN(C)C)nc(N(C)CCc2ccncc2)n1. The summed E-state index contributed by atoms with van der Waals surface area (Å²) in [4.78, 5) is 17.4. The number of rotatable bonds is 8. The van der Waals surface area contributed by atoms with E-state index >= 15 is 0 Å². The fourth-order valence-corrected chi connectivity index (χ4v) is 2.17. The summed E-state index contributed by atoms with van der Waals surface area (Å²) < 4.78 is 0. The van der Waals surface area contributed by atoms with Crippen LogP contribution in [-0.4, -0.2) is 60.6 Å². The summed E-state index contributed by atoms with van der Waals surface area (Å²) in [5, 5.41) is 3.36. The van der Waals surface area contributed by atoms with Crippen LogP contribution >= 0.6 is 0 Å². The van der Waals surface area contributed by atoms with E-state index in [9.17, 15) is 0 Å². The Morgan fingerprint density at radius 2 is 1.78 bits per heavy atom. The first-order chi connectivity index (χ1) is 11.0. The highest BCUT2D eigenvalue weighted by Gasteiger charge is 2.07. The normalized spacial score (nSPS) is 10.8. The molecule has 0 saturated carbocycles. The minimum absolute atomic E-state index is 0.756. The van der Waals surface area contributed by atoms with Gasteiger partial charge in [0.2, 0.25) is 5.95 Å². The summed E-state index contributed by atoms with van der Waals surface area (Å²) in [5.74, 6) is 1.64. The number of hydrogen-bond acceptors (Lipinski definition) is 6. The van der Waals surface area contributed by atoms with E-state index in [0.717, 1.165) is 43.5 Å². The van der Waals surface area contributed by atoms with Gasteiger partial charge in [-0.05, 0) is 45.1 Å². The molecular formula is C17H26N6. The Bertz CT molecular complexity index is 599. The average Bonchev–Trinajstić information content (AvgIpc) is 2.52. The fraction of sp³-hybridized carbons (Fsp3) is 0.471. The van der Waals surface area contributed by atoms with E-state index in [0.29, 0.717) is 0 Å². The number of likely N-dealkylation sites (N-methyl/N-ethyl adjacent to an activating group) is 2. The van der Waals surface area contributed by atoms with Crippen molar-refractivity contribution in [3.05, 3.63) is 41.9 Å². The molecule has 2 aromatic heterocycles. The first-order valence-corrected chi connectivity index (χ1v) is 7.89. The zero-order valence-electron chi connectivity index (χ0n) is 14.5. The molecule has 0 atom stereocenters. The molecule has 0 aliphatic heterocycles. The molecule has 0 unspecified atom stereocenters. The van der Waals surface area contributed by atoms with E-state index in [1.54, 1.807) is 0 Å². The quantitative estimate of drug-likeness (QED) is 0.802. The monoisotopic (exact) mass is 314 g/mol. The van der Waals surface area contributed by atoms with Gasteiger partial charge in [-0.3, -0.25) is 4.98 Å². The third-order valence-electron chi connectivity index (χ3n) is 3.53. The molecule has 0 radical (unpaired) electrons. The van der Waals surface area contributed by atoms with Crippen molar-refractivity contribution < 1.29 is 0 Å². The summed E-state index contributed by atoms with van der Waals surface area (Å²) in [5.41, 5.74) is 2.24. The number of aryl methyl sites for hydroxylation is 1. The smallest absolute Gasteiger partial charge is 0.227 e. The van der Waals surface area contributed by atoms with Gasteiger partial charge in [-0.15, -0.1) is 0 Å². The van der Waals surface area contributed by atoms with Crippen molar-refractivity contribution in [1.29, 1.82) is 0 Å². The Labute approximate surface area is 138 Å². The number of hydrogen-bond donors (Lipinski definition) is 1. The summed E-state index contributed by atoms with van der Waals surface area (Å²) in [6.07, 6.45) is 4.59. The highest BCUT2D eigenvalue weighted by molar-refractivity contribution is 5.43. The second-order valence-electron chi connectivity index (χ2n) is 5.95. The van der Waals surface area contributed by atoms with Crippen molar-refractivity contribution in [2.24, 2.45) is 0 Å². The van der Waals surface area contributed by atoms with Gasteiger partial charge >= 0.3 is 0 Å². The lowest BCUT2D eigenvalue weighted by Gasteiger charge is -2.19. The standard InChI is InChI=1S/C17H26N6/c1-14-13-16(19-10-12-22(2)3)21-17(20-14)23(4)11-7-15-5-8-18-9-6-15/h5-6,8-9,13H,7,10-12H2,1-4H3,(H,19,20,21). The van der Waals surface area contributed by atoms with Gasteiger partial charge < -0.3 is 15.1 Å². The van der Waals surface area contributed by atoms with Gasteiger partial charge in [0.15, 0.2) is 0 Å². The second kappa shape index (κ2) is 8.43. The van der Waals surface area contributed by atoms with E-state index in [4.69, 9.17) is 0 Å². The van der Waals surface area contributed by atoms with Crippen molar-refractivity contribution >= 4 is 11.8 Å². The minimum Gasteiger partial charge on any atom is -0.369 e. The highest BCUT2D eigenvalue weighted by Crippen LogP contribution is 2.13. The summed E-state index contributed by atoms with van der Waals surface area (Å²) in [6.45, 7) is 4.70. The molecule has 2 heterocycles. The largest absolute Gasteiger partial charge is 0.369 e. The zero-order chi connectivity index (χ0) is 16.7. The lowest BCUT2D eigenvalue weighted by atomic mass is 10.2. The van der Waals surface area contributed by atoms with Gasteiger partial charge in [-0.1, -0.05) is 0 Å². The molecule has 0 amide bonds. The second-order valence-corrected chi connectivity index (χ2v) is 5.95. The van der Waals surface area contributed by atoms with Crippen LogP contribution in [0.15, 0.2) is 30.6 Å².